The number of esters is 1. The van der Waals surface area contributed by atoms with E-state index in [1.54, 1.807) is 13.8 Å². The van der Waals surface area contributed by atoms with Crippen LogP contribution in [0.25, 0.3) is 0 Å². The predicted molar refractivity (Wildman–Crippen MR) is 63.3 cm³/mol. The fourth-order valence-electron chi connectivity index (χ4n) is 1.48. The number of rotatable bonds is 5. The van der Waals surface area contributed by atoms with Gasteiger partial charge in [0.05, 0.1) is 12.2 Å². The van der Waals surface area contributed by atoms with Crippen LogP contribution >= 0.6 is 11.6 Å². The van der Waals surface area contributed by atoms with Crippen molar-refractivity contribution >= 4 is 17.6 Å². The van der Waals surface area contributed by atoms with Crippen molar-refractivity contribution in [3.63, 3.8) is 0 Å². The van der Waals surface area contributed by atoms with Gasteiger partial charge in [0.15, 0.2) is 0 Å². The minimum Gasteiger partial charge on any atom is -0.462 e. The summed E-state index contributed by atoms with van der Waals surface area (Å²) < 4.78 is 33.5. The van der Waals surface area contributed by atoms with Gasteiger partial charge in [0.25, 0.3) is 0 Å². The zero-order chi connectivity index (χ0) is 13.7. The second kappa shape index (κ2) is 6.54. The lowest BCUT2D eigenvalue weighted by molar-refractivity contribution is -0.0499. The molecule has 100 valence electrons. The molecule has 0 fully saturated rings. The number of halogens is 3. The Morgan fingerprint density at radius 2 is 2.11 bits per heavy atom. The average Bonchev–Trinajstić information content (AvgIpc) is 2.30. The Labute approximate surface area is 109 Å². The molecular formula is C12H13ClF2O3. The van der Waals surface area contributed by atoms with Crippen LogP contribution in [0.1, 0.15) is 28.4 Å². The first-order valence-electron chi connectivity index (χ1n) is 5.31. The van der Waals surface area contributed by atoms with Gasteiger partial charge in [0.1, 0.15) is 5.75 Å². The highest BCUT2D eigenvalue weighted by atomic mass is 35.5. The number of alkyl halides is 3. The van der Waals surface area contributed by atoms with Gasteiger partial charge in [-0.3, -0.25) is 0 Å². The maximum absolute atomic E-state index is 12.2. The van der Waals surface area contributed by atoms with E-state index in [0.29, 0.717) is 11.1 Å². The smallest absolute Gasteiger partial charge is 0.387 e. The van der Waals surface area contributed by atoms with Crippen LogP contribution in [0, 0.1) is 6.92 Å². The lowest BCUT2D eigenvalue weighted by Gasteiger charge is -2.12. The second-order valence-corrected chi connectivity index (χ2v) is 3.75. The van der Waals surface area contributed by atoms with E-state index >= 15 is 0 Å². The van der Waals surface area contributed by atoms with E-state index in [4.69, 9.17) is 16.3 Å². The summed E-state index contributed by atoms with van der Waals surface area (Å²) in [5.41, 5.74) is 1.34. The van der Waals surface area contributed by atoms with Crippen LogP contribution in [0.3, 0.4) is 0 Å². The van der Waals surface area contributed by atoms with Crippen LogP contribution in [0.5, 0.6) is 5.75 Å². The van der Waals surface area contributed by atoms with Gasteiger partial charge in [-0.2, -0.15) is 8.78 Å². The third-order valence-corrected chi connectivity index (χ3v) is 2.64. The molecule has 0 heterocycles. The van der Waals surface area contributed by atoms with Gasteiger partial charge in [-0.1, -0.05) is 0 Å². The van der Waals surface area contributed by atoms with E-state index in [1.807, 2.05) is 0 Å². The molecule has 0 spiro atoms. The molecule has 0 unspecified atom stereocenters. The number of carbonyl (C=O) groups excluding carboxylic acids is 1. The Bertz CT molecular complexity index is 436. The molecule has 6 heteroatoms. The summed E-state index contributed by atoms with van der Waals surface area (Å²) in [6, 6.07) is 2.62. The minimum absolute atomic E-state index is 0.0959. The first-order valence-corrected chi connectivity index (χ1v) is 5.84. The summed E-state index contributed by atoms with van der Waals surface area (Å²) in [5.74, 6) is -0.589. The van der Waals surface area contributed by atoms with E-state index < -0.39 is 12.6 Å². The molecule has 0 aromatic heterocycles. The lowest BCUT2D eigenvalue weighted by Crippen LogP contribution is -2.10. The van der Waals surface area contributed by atoms with Gasteiger partial charge >= 0.3 is 12.6 Å². The topological polar surface area (TPSA) is 35.5 Å². The number of hydrogen-bond donors (Lipinski definition) is 0. The Hall–Kier alpha value is -1.36. The van der Waals surface area contributed by atoms with Gasteiger partial charge in [-0.15, -0.1) is 11.6 Å². The number of benzene rings is 1. The van der Waals surface area contributed by atoms with E-state index in [-0.39, 0.29) is 23.8 Å². The Morgan fingerprint density at radius 1 is 1.44 bits per heavy atom. The lowest BCUT2D eigenvalue weighted by atomic mass is 10.0. The van der Waals surface area contributed by atoms with Crippen LogP contribution < -0.4 is 4.74 Å². The highest BCUT2D eigenvalue weighted by Crippen LogP contribution is 2.25. The molecule has 0 bridgehead atoms. The Kier molecular flexibility index (Phi) is 5.34. The molecule has 0 N–H and O–H groups in total. The van der Waals surface area contributed by atoms with Gasteiger partial charge in [-0.05, 0) is 37.1 Å². The molecule has 1 aromatic rings. The number of ether oxygens (including phenoxy) is 2. The molecule has 0 amide bonds. The maximum atomic E-state index is 12.2. The molecular weight excluding hydrogens is 266 g/mol. The highest BCUT2D eigenvalue weighted by molar-refractivity contribution is 6.17. The van der Waals surface area contributed by atoms with Crippen LogP contribution in [0.2, 0.25) is 0 Å². The largest absolute Gasteiger partial charge is 0.462 e. The molecule has 0 aliphatic rings. The Balaban J connectivity index is 3.18. The highest BCUT2D eigenvalue weighted by Gasteiger charge is 2.16. The molecule has 0 saturated heterocycles. The minimum atomic E-state index is -2.95. The summed E-state index contributed by atoms with van der Waals surface area (Å²) >= 11 is 5.70. The van der Waals surface area contributed by atoms with Gasteiger partial charge in [-0.25, -0.2) is 4.79 Å². The van der Waals surface area contributed by atoms with Crippen LogP contribution in [0.4, 0.5) is 8.78 Å². The number of hydrogen-bond acceptors (Lipinski definition) is 3. The SMILES string of the molecule is CCOC(=O)c1cc(OC(F)F)cc(CCl)c1C. The summed E-state index contributed by atoms with van der Waals surface area (Å²) in [6.07, 6.45) is 0. The Morgan fingerprint density at radius 3 is 2.61 bits per heavy atom. The zero-order valence-corrected chi connectivity index (χ0v) is 10.8. The summed E-state index contributed by atoms with van der Waals surface area (Å²) in [7, 11) is 0. The van der Waals surface area contributed by atoms with Crippen molar-refractivity contribution < 1.29 is 23.0 Å². The van der Waals surface area contributed by atoms with Crippen molar-refractivity contribution in [1.29, 1.82) is 0 Å². The quantitative estimate of drug-likeness (QED) is 0.611. The second-order valence-electron chi connectivity index (χ2n) is 3.49. The van der Waals surface area contributed by atoms with Crippen molar-refractivity contribution in [2.75, 3.05) is 6.61 Å². The standard InChI is InChI=1S/C12H13ClF2O3/c1-3-17-11(16)10-5-9(18-12(14)15)4-8(6-13)7(10)2/h4-5,12H,3,6H2,1-2H3. The molecule has 0 aliphatic heterocycles. The van der Waals surface area contributed by atoms with E-state index in [2.05, 4.69) is 4.74 Å². The molecule has 1 aromatic carbocycles. The zero-order valence-electron chi connectivity index (χ0n) is 10.0. The van der Waals surface area contributed by atoms with Crippen LogP contribution in [-0.2, 0) is 10.6 Å². The van der Waals surface area contributed by atoms with Crippen molar-refractivity contribution in [3.8, 4) is 5.75 Å². The van der Waals surface area contributed by atoms with Crippen molar-refractivity contribution in [3.05, 3.63) is 28.8 Å². The molecule has 3 nitrogen and oxygen atoms in total. The van der Waals surface area contributed by atoms with E-state index in [1.165, 1.54) is 12.1 Å². The summed E-state index contributed by atoms with van der Waals surface area (Å²) in [6.45, 7) is 0.589. The number of carbonyl (C=O) groups is 1. The average molecular weight is 279 g/mol. The molecule has 18 heavy (non-hydrogen) atoms. The fourth-order valence-corrected chi connectivity index (χ4v) is 1.75. The third-order valence-electron chi connectivity index (χ3n) is 2.35. The van der Waals surface area contributed by atoms with Crippen LogP contribution in [-0.4, -0.2) is 19.2 Å². The van der Waals surface area contributed by atoms with Gasteiger partial charge in [0.2, 0.25) is 0 Å². The van der Waals surface area contributed by atoms with Crippen LogP contribution in [0.15, 0.2) is 12.1 Å². The fraction of sp³-hybridized carbons (Fsp3) is 0.417. The van der Waals surface area contributed by atoms with E-state index in [0.717, 1.165) is 0 Å². The monoisotopic (exact) mass is 278 g/mol. The summed E-state index contributed by atoms with van der Waals surface area (Å²) in [5, 5.41) is 0. The molecule has 0 aliphatic carbocycles. The van der Waals surface area contributed by atoms with Crippen molar-refractivity contribution in [2.24, 2.45) is 0 Å². The maximum Gasteiger partial charge on any atom is 0.387 e. The van der Waals surface area contributed by atoms with Crippen molar-refractivity contribution in [2.45, 2.75) is 26.3 Å². The molecule has 0 atom stereocenters. The molecule has 0 radical (unpaired) electrons. The van der Waals surface area contributed by atoms with E-state index in [9.17, 15) is 13.6 Å². The first-order chi connectivity index (χ1) is 8.49. The van der Waals surface area contributed by atoms with Gasteiger partial charge < -0.3 is 9.47 Å². The van der Waals surface area contributed by atoms with Crippen molar-refractivity contribution in [1.82, 2.24) is 0 Å². The first kappa shape index (κ1) is 14.7. The third kappa shape index (κ3) is 3.57. The normalized spacial score (nSPS) is 10.6. The van der Waals surface area contributed by atoms with Gasteiger partial charge in [0, 0.05) is 5.88 Å². The predicted octanol–water partition coefficient (Wildman–Crippen LogP) is 3.51. The summed E-state index contributed by atoms with van der Waals surface area (Å²) in [4.78, 5) is 11.7. The molecule has 0 saturated carbocycles. The molecule has 1 rings (SSSR count).